The van der Waals surface area contributed by atoms with Crippen LogP contribution in [0.25, 0.3) is 0 Å². The first-order valence-corrected chi connectivity index (χ1v) is 21.5. The molecule has 0 aliphatic rings. The van der Waals surface area contributed by atoms with E-state index >= 15 is 0 Å². The van der Waals surface area contributed by atoms with Crippen molar-refractivity contribution in [1.82, 2.24) is 5.32 Å². The first kappa shape index (κ1) is 51.4. The fourth-order valence-corrected chi connectivity index (χ4v) is 5.21. The minimum atomic E-state index is -4.45. The summed E-state index contributed by atoms with van der Waals surface area (Å²) in [5.41, 5.74) is 0. The number of phosphoric ester groups is 1. The Balaban J connectivity index is 3.82. The van der Waals surface area contributed by atoms with Crippen molar-refractivity contribution >= 4 is 19.7 Å². The lowest BCUT2D eigenvalue weighted by molar-refractivity contribution is -0.147. The van der Waals surface area contributed by atoms with Gasteiger partial charge < -0.3 is 20.1 Å². The number of rotatable bonds is 35. The number of esters is 1. The van der Waals surface area contributed by atoms with Crippen LogP contribution in [0.5, 0.6) is 0 Å². The van der Waals surface area contributed by atoms with E-state index in [4.69, 9.17) is 13.8 Å². The molecule has 2 atom stereocenters. The van der Waals surface area contributed by atoms with Gasteiger partial charge in [-0.15, -0.1) is 0 Å². The summed E-state index contributed by atoms with van der Waals surface area (Å²) in [6.07, 6.45) is 54.3. The molecule has 9 nitrogen and oxygen atoms in total. The molecule has 10 heteroatoms. The van der Waals surface area contributed by atoms with Crippen LogP contribution in [-0.4, -0.2) is 54.3 Å². The molecule has 0 saturated heterocycles. The smallest absolute Gasteiger partial charge is 0.463 e. The van der Waals surface area contributed by atoms with Crippen LogP contribution >= 0.6 is 7.82 Å². The summed E-state index contributed by atoms with van der Waals surface area (Å²) >= 11 is 0. The number of aliphatic hydroxyl groups excluding tert-OH is 1. The Labute approximate surface area is 332 Å². The van der Waals surface area contributed by atoms with E-state index < -0.39 is 26.5 Å². The number of unbranched alkanes of at least 4 members (excludes halogenated alkanes) is 2. The standard InChI is InChI=1S/C45H70NO8P/c1-3-5-7-9-11-13-15-17-19-20-21-22-24-25-27-29-31-33-35-37-44(48)46-39-40-53-55(50,51)54-42-43(47)41-52-45(49)38-36-34-32-30-28-26-23-18-16-14-12-10-8-6-4-2/h5-8,11-14,17-19,21-23,25,27-28,30-31,33,43,47H,3-4,9-10,15-16,20,24,26,29,32,34-42H2,1-2H3,(H,46,48)(H,50,51)/b7-5-,8-6-,13-11-,14-12-,19-17-,22-21-,23-18-,27-25-,30-28-,33-31-. The van der Waals surface area contributed by atoms with Gasteiger partial charge in [-0.25, -0.2) is 4.57 Å². The quantitative estimate of drug-likeness (QED) is 0.0251. The average molecular weight is 784 g/mol. The Morgan fingerprint density at radius 2 is 0.982 bits per heavy atom. The van der Waals surface area contributed by atoms with Gasteiger partial charge in [0.05, 0.1) is 13.2 Å². The Morgan fingerprint density at radius 1 is 0.564 bits per heavy atom. The molecular formula is C45H70NO8P. The lowest BCUT2D eigenvalue weighted by Gasteiger charge is -2.15. The molecule has 0 bridgehead atoms. The number of aliphatic hydroxyl groups is 1. The molecule has 0 aromatic carbocycles. The van der Waals surface area contributed by atoms with E-state index in [-0.39, 0.29) is 38.5 Å². The minimum absolute atomic E-state index is 0.0267. The van der Waals surface area contributed by atoms with E-state index in [9.17, 15) is 24.2 Å². The van der Waals surface area contributed by atoms with Crippen molar-refractivity contribution < 1.29 is 37.9 Å². The van der Waals surface area contributed by atoms with Gasteiger partial charge in [0.25, 0.3) is 0 Å². The molecule has 0 aromatic heterocycles. The summed E-state index contributed by atoms with van der Waals surface area (Å²) in [5, 5.41) is 12.6. The lowest BCUT2D eigenvalue weighted by Crippen LogP contribution is -2.27. The van der Waals surface area contributed by atoms with Crippen molar-refractivity contribution in [3.8, 4) is 0 Å². The third kappa shape index (κ3) is 41.4. The number of ether oxygens (including phenoxy) is 1. The largest absolute Gasteiger partial charge is 0.472 e. The molecule has 0 aliphatic heterocycles. The fraction of sp³-hybridized carbons (Fsp3) is 0.511. The maximum atomic E-state index is 12.1. The van der Waals surface area contributed by atoms with E-state index in [2.05, 4.69) is 129 Å². The zero-order chi connectivity index (χ0) is 40.3. The van der Waals surface area contributed by atoms with Crippen molar-refractivity contribution in [3.63, 3.8) is 0 Å². The molecule has 3 N–H and O–H groups in total. The van der Waals surface area contributed by atoms with Gasteiger partial charge in [0.2, 0.25) is 5.91 Å². The number of hydrogen-bond donors (Lipinski definition) is 3. The number of carbonyl (C=O) groups is 2. The van der Waals surface area contributed by atoms with Crippen molar-refractivity contribution in [1.29, 1.82) is 0 Å². The number of carbonyl (C=O) groups excluding carboxylic acids is 2. The van der Waals surface area contributed by atoms with E-state index in [0.717, 1.165) is 77.0 Å². The monoisotopic (exact) mass is 783 g/mol. The van der Waals surface area contributed by atoms with E-state index in [0.29, 0.717) is 12.8 Å². The van der Waals surface area contributed by atoms with Gasteiger partial charge >= 0.3 is 13.8 Å². The van der Waals surface area contributed by atoms with Crippen molar-refractivity contribution in [2.45, 2.75) is 123 Å². The first-order valence-electron chi connectivity index (χ1n) is 20.0. The lowest BCUT2D eigenvalue weighted by atomic mass is 10.2. The second-order valence-electron chi connectivity index (χ2n) is 12.5. The summed E-state index contributed by atoms with van der Waals surface area (Å²) in [4.78, 5) is 33.8. The Kier molecular flexibility index (Phi) is 37.5. The zero-order valence-corrected chi connectivity index (χ0v) is 34.5. The molecule has 0 saturated carbocycles. The number of allylic oxidation sites excluding steroid dienone is 20. The van der Waals surface area contributed by atoms with Gasteiger partial charge in [-0.05, 0) is 89.9 Å². The average Bonchev–Trinajstić information content (AvgIpc) is 3.17. The van der Waals surface area contributed by atoms with Gasteiger partial charge in [0, 0.05) is 19.4 Å². The summed E-state index contributed by atoms with van der Waals surface area (Å²) in [5.74, 6) is -0.659. The van der Waals surface area contributed by atoms with Crippen LogP contribution < -0.4 is 5.32 Å². The molecule has 308 valence electrons. The highest BCUT2D eigenvalue weighted by atomic mass is 31.2. The molecule has 0 fully saturated rings. The Bertz CT molecular complexity index is 1310. The normalized spacial score (nSPS) is 14.6. The van der Waals surface area contributed by atoms with Crippen LogP contribution in [0.4, 0.5) is 0 Å². The van der Waals surface area contributed by atoms with Gasteiger partial charge in [0.15, 0.2) is 0 Å². The summed E-state index contributed by atoms with van der Waals surface area (Å²) < 4.78 is 26.7. The third-order valence-electron chi connectivity index (χ3n) is 7.40. The molecule has 1 amide bonds. The minimum Gasteiger partial charge on any atom is -0.463 e. The highest BCUT2D eigenvalue weighted by Gasteiger charge is 2.23. The van der Waals surface area contributed by atoms with Gasteiger partial charge in [-0.1, -0.05) is 135 Å². The number of phosphoric acid groups is 1. The highest BCUT2D eigenvalue weighted by Crippen LogP contribution is 2.42. The summed E-state index contributed by atoms with van der Waals surface area (Å²) in [7, 11) is -4.45. The topological polar surface area (TPSA) is 131 Å². The van der Waals surface area contributed by atoms with Crippen LogP contribution in [0.15, 0.2) is 122 Å². The van der Waals surface area contributed by atoms with Crippen molar-refractivity contribution in [2.75, 3.05) is 26.4 Å². The highest BCUT2D eigenvalue weighted by molar-refractivity contribution is 7.47. The SMILES string of the molecule is CC/C=C\C/C=C\C/C=C\C/C=C\C/C=C\C/C=C\CCC(=O)NCCOP(=O)(O)OCC(O)COC(=O)CCCC/C=C\C/C=C\C/C=C\C/C=C\CC. The van der Waals surface area contributed by atoms with Crippen LogP contribution in [0.3, 0.4) is 0 Å². The Morgan fingerprint density at radius 3 is 1.44 bits per heavy atom. The first-order chi connectivity index (χ1) is 26.8. The van der Waals surface area contributed by atoms with Crippen LogP contribution in [0.2, 0.25) is 0 Å². The molecule has 0 spiro atoms. The second kappa shape index (κ2) is 40.1. The third-order valence-corrected chi connectivity index (χ3v) is 8.38. The second-order valence-corrected chi connectivity index (χ2v) is 13.9. The van der Waals surface area contributed by atoms with E-state index in [1.807, 2.05) is 12.2 Å². The predicted octanol–water partition coefficient (Wildman–Crippen LogP) is 11.0. The summed E-state index contributed by atoms with van der Waals surface area (Å²) in [6.45, 7) is 3.13. The van der Waals surface area contributed by atoms with Gasteiger partial charge in [0.1, 0.15) is 12.7 Å². The van der Waals surface area contributed by atoms with Gasteiger partial charge in [-0.3, -0.25) is 18.6 Å². The maximum Gasteiger partial charge on any atom is 0.472 e. The summed E-state index contributed by atoms with van der Waals surface area (Å²) in [6, 6.07) is 0. The molecule has 0 heterocycles. The molecule has 0 aliphatic carbocycles. The molecule has 0 rings (SSSR count). The fourth-order valence-electron chi connectivity index (χ4n) is 4.45. The Hall–Kier alpha value is -3.59. The number of amides is 1. The zero-order valence-electron chi connectivity index (χ0n) is 33.6. The van der Waals surface area contributed by atoms with Crippen LogP contribution in [0, 0.1) is 0 Å². The van der Waals surface area contributed by atoms with E-state index in [1.165, 1.54) is 0 Å². The molecule has 0 aromatic rings. The van der Waals surface area contributed by atoms with E-state index in [1.54, 1.807) is 0 Å². The number of nitrogens with one attached hydrogen (secondary N) is 1. The molecule has 55 heavy (non-hydrogen) atoms. The predicted molar refractivity (Wildman–Crippen MR) is 228 cm³/mol. The van der Waals surface area contributed by atoms with Crippen molar-refractivity contribution in [3.05, 3.63) is 122 Å². The van der Waals surface area contributed by atoms with Gasteiger partial charge in [-0.2, -0.15) is 0 Å². The number of hydrogen-bond acceptors (Lipinski definition) is 7. The van der Waals surface area contributed by atoms with Crippen molar-refractivity contribution in [2.24, 2.45) is 0 Å². The maximum absolute atomic E-state index is 12.1. The molecule has 2 unspecified atom stereocenters. The molecular weight excluding hydrogens is 713 g/mol. The molecule has 0 radical (unpaired) electrons. The van der Waals surface area contributed by atoms with Crippen LogP contribution in [0.1, 0.15) is 117 Å². The van der Waals surface area contributed by atoms with Crippen LogP contribution in [-0.2, 0) is 27.9 Å².